The fraction of sp³-hybridized carbons (Fsp3) is 1.00. The highest BCUT2D eigenvalue weighted by Gasteiger charge is 2.46. The van der Waals surface area contributed by atoms with Crippen LogP contribution in [0.4, 0.5) is 0 Å². The number of hydrogen-bond acceptors (Lipinski definition) is 2. The van der Waals surface area contributed by atoms with E-state index in [4.69, 9.17) is 5.73 Å². The lowest BCUT2D eigenvalue weighted by Crippen LogP contribution is -2.22. The van der Waals surface area contributed by atoms with Gasteiger partial charge in [-0.3, -0.25) is 0 Å². The first-order valence-electron chi connectivity index (χ1n) is 4.21. The van der Waals surface area contributed by atoms with Crippen LogP contribution in [0.1, 0.15) is 19.3 Å². The number of hydrogen-bond donors (Lipinski definition) is 2. The number of aliphatic hydroxyl groups is 1. The minimum Gasteiger partial charge on any atom is -0.393 e. The summed E-state index contributed by atoms with van der Waals surface area (Å²) in [6, 6.07) is 0. The van der Waals surface area contributed by atoms with E-state index < -0.39 is 0 Å². The summed E-state index contributed by atoms with van der Waals surface area (Å²) in [7, 11) is 0. The zero-order valence-electron chi connectivity index (χ0n) is 6.16. The van der Waals surface area contributed by atoms with E-state index >= 15 is 0 Å². The molecule has 0 aromatic heterocycles. The second-order valence-electron chi connectivity index (χ2n) is 3.70. The quantitative estimate of drug-likeness (QED) is 0.553. The molecule has 58 valence electrons. The van der Waals surface area contributed by atoms with Crippen LogP contribution in [0.3, 0.4) is 0 Å². The monoisotopic (exact) mass is 141 g/mol. The van der Waals surface area contributed by atoms with Crippen LogP contribution in [0.5, 0.6) is 0 Å². The zero-order chi connectivity index (χ0) is 7.14. The maximum atomic E-state index is 9.47. The first-order chi connectivity index (χ1) is 4.83. The summed E-state index contributed by atoms with van der Waals surface area (Å²) in [6.45, 7) is 0.784. The van der Waals surface area contributed by atoms with Crippen molar-refractivity contribution < 1.29 is 5.11 Å². The molecule has 0 heterocycles. The van der Waals surface area contributed by atoms with E-state index in [1.165, 1.54) is 12.8 Å². The molecule has 0 unspecified atom stereocenters. The van der Waals surface area contributed by atoms with Crippen molar-refractivity contribution in [2.24, 2.45) is 23.5 Å². The minimum absolute atomic E-state index is 0.0210. The van der Waals surface area contributed by atoms with Gasteiger partial charge in [-0.15, -0.1) is 0 Å². The molecule has 2 rings (SSSR count). The molecule has 3 N–H and O–H groups in total. The smallest absolute Gasteiger partial charge is 0.0574 e. The highest BCUT2D eigenvalue weighted by atomic mass is 16.3. The van der Waals surface area contributed by atoms with Gasteiger partial charge in [0.05, 0.1) is 6.10 Å². The molecule has 0 amide bonds. The maximum absolute atomic E-state index is 9.47. The van der Waals surface area contributed by atoms with E-state index in [-0.39, 0.29) is 6.10 Å². The van der Waals surface area contributed by atoms with Gasteiger partial charge >= 0.3 is 0 Å². The molecule has 2 heteroatoms. The molecule has 0 spiro atoms. The van der Waals surface area contributed by atoms with Gasteiger partial charge in [-0.25, -0.2) is 0 Å². The van der Waals surface area contributed by atoms with E-state index in [1.807, 2.05) is 0 Å². The normalized spacial score (nSPS) is 52.2. The molecule has 4 atom stereocenters. The molecular weight excluding hydrogens is 126 g/mol. The molecule has 2 nitrogen and oxygen atoms in total. The lowest BCUT2D eigenvalue weighted by Gasteiger charge is -2.15. The van der Waals surface area contributed by atoms with Crippen molar-refractivity contribution >= 4 is 0 Å². The van der Waals surface area contributed by atoms with Gasteiger partial charge in [-0.2, -0.15) is 0 Å². The van der Waals surface area contributed by atoms with Crippen LogP contribution in [-0.2, 0) is 0 Å². The minimum atomic E-state index is -0.0210. The van der Waals surface area contributed by atoms with E-state index in [9.17, 15) is 5.11 Å². The third-order valence-electron chi connectivity index (χ3n) is 3.34. The largest absolute Gasteiger partial charge is 0.393 e. The Balaban J connectivity index is 2.11. The molecular formula is C8H15NO. The standard InChI is InChI=1S/C8H15NO/c9-4-7-5-1-2-6(7)8(10)3-5/h5-8,10H,1-4,9H2/t5-,6+,7-,8-/m0/s1. The van der Waals surface area contributed by atoms with Crippen LogP contribution >= 0.6 is 0 Å². The maximum Gasteiger partial charge on any atom is 0.0574 e. The summed E-state index contributed by atoms with van der Waals surface area (Å²) in [6.07, 6.45) is 3.52. The van der Waals surface area contributed by atoms with Crippen molar-refractivity contribution in [2.75, 3.05) is 6.54 Å². The highest BCUT2D eigenvalue weighted by Crippen LogP contribution is 2.48. The summed E-state index contributed by atoms with van der Waals surface area (Å²) in [5.41, 5.74) is 5.61. The Labute approximate surface area is 61.4 Å². The van der Waals surface area contributed by atoms with Gasteiger partial charge in [0, 0.05) is 0 Å². The molecule has 0 aliphatic heterocycles. The van der Waals surface area contributed by atoms with Gasteiger partial charge in [0.1, 0.15) is 0 Å². The number of aliphatic hydroxyl groups excluding tert-OH is 1. The molecule has 0 saturated heterocycles. The van der Waals surface area contributed by atoms with E-state index in [1.54, 1.807) is 0 Å². The van der Waals surface area contributed by atoms with Crippen molar-refractivity contribution in [3.63, 3.8) is 0 Å². The Morgan fingerprint density at radius 3 is 2.50 bits per heavy atom. The van der Waals surface area contributed by atoms with Gasteiger partial charge in [-0.1, -0.05) is 0 Å². The average Bonchev–Trinajstić information content (AvgIpc) is 2.42. The Kier molecular flexibility index (Phi) is 1.46. The van der Waals surface area contributed by atoms with Crippen LogP contribution in [0.2, 0.25) is 0 Å². The van der Waals surface area contributed by atoms with Gasteiger partial charge in [0.2, 0.25) is 0 Å². The molecule has 0 radical (unpaired) electrons. The number of nitrogens with two attached hydrogens (primary N) is 1. The fourth-order valence-electron chi connectivity index (χ4n) is 2.81. The SMILES string of the molecule is NC[C@H]1[C@H]2CC[C@H]1[C@@H](O)C2. The Morgan fingerprint density at radius 1 is 1.40 bits per heavy atom. The van der Waals surface area contributed by atoms with Crippen LogP contribution < -0.4 is 5.73 Å². The molecule has 0 aromatic carbocycles. The predicted octanol–water partition coefficient (Wildman–Crippen LogP) is 0.352. The second-order valence-corrected chi connectivity index (χ2v) is 3.70. The van der Waals surface area contributed by atoms with Crippen molar-refractivity contribution in [3.05, 3.63) is 0 Å². The molecule has 2 aliphatic carbocycles. The Hall–Kier alpha value is -0.0800. The first-order valence-corrected chi connectivity index (χ1v) is 4.21. The summed E-state index contributed by atoms with van der Waals surface area (Å²) >= 11 is 0. The summed E-state index contributed by atoms with van der Waals surface area (Å²) in [4.78, 5) is 0. The molecule has 2 bridgehead atoms. The van der Waals surface area contributed by atoms with Gasteiger partial charge in [0.15, 0.2) is 0 Å². The number of fused-ring (bicyclic) bond motifs is 2. The molecule has 2 fully saturated rings. The van der Waals surface area contributed by atoms with Crippen molar-refractivity contribution in [1.29, 1.82) is 0 Å². The lowest BCUT2D eigenvalue weighted by molar-refractivity contribution is 0.108. The van der Waals surface area contributed by atoms with E-state index in [0.717, 1.165) is 18.9 Å². The summed E-state index contributed by atoms with van der Waals surface area (Å²) in [5.74, 6) is 1.95. The lowest BCUT2D eigenvalue weighted by atomic mass is 9.97. The van der Waals surface area contributed by atoms with Gasteiger partial charge < -0.3 is 10.8 Å². The van der Waals surface area contributed by atoms with Gasteiger partial charge in [-0.05, 0) is 43.6 Å². The van der Waals surface area contributed by atoms with Crippen LogP contribution in [0.25, 0.3) is 0 Å². The zero-order valence-corrected chi connectivity index (χ0v) is 6.16. The molecule has 0 aromatic rings. The fourth-order valence-corrected chi connectivity index (χ4v) is 2.81. The van der Waals surface area contributed by atoms with E-state index in [0.29, 0.717) is 11.8 Å². The Morgan fingerprint density at radius 2 is 2.20 bits per heavy atom. The van der Waals surface area contributed by atoms with Crippen LogP contribution in [-0.4, -0.2) is 17.8 Å². The number of rotatable bonds is 1. The highest BCUT2D eigenvalue weighted by molar-refractivity contribution is 4.97. The predicted molar refractivity (Wildman–Crippen MR) is 39.4 cm³/mol. The van der Waals surface area contributed by atoms with Crippen LogP contribution in [0.15, 0.2) is 0 Å². The van der Waals surface area contributed by atoms with Crippen molar-refractivity contribution in [2.45, 2.75) is 25.4 Å². The van der Waals surface area contributed by atoms with Crippen molar-refractivity contribution in [1.82, 2.24) is 0 Å². The third kappa shape index (κ3) is 0.722. The topological polar surface area (TPSA) is 46.2 Å². The molecule has 2 saturated carbocycles. The van der Waals surface area contributed by atoms with Gasteiger partial charge in [0.25, 0.3) is 0 Å². The third-order valence-corrected chi connectivity index (χ3v) is 3.34. The molecule has 10 heavy (non-hydrogen) atoms. The van der Waals surface area contributed by atoms with E-state index in [2.05, 4.69) is 0 Å². The van der Waals surface area contributed by atoms with Crippen LogP contribution in [0, 0.1) is 17.8 Å². The average molecular weight is 141 g/mol. The summed E-state index contributed by atoms with van der Waals surface area (Å²) in [5, 5.41) is 9.47. The Bertz CT molecular complexity index is 137. The van der Waals surface area contributed by atoms with Crippen molar-refractivity contribution in [3.8, 4) is 0 Å². The first kappa shape index (κ1) is 6.62. The molecule has 2 aliphatic rings. The second kappa shape index (κ2) is 2.21. The summed E-state index contributed by atoms with van der Waals surface area (Å²) < 4.78 is 0.